The number of allylic oxidation sites excluding steroid dienone is 1. The predicted molar refractivity (Wildman–Crippen MR) is 85.7 cm³/mol. The van der Waals surface area contributed by atoms with Gasteiger partial charge in [0.25, 0.3) is 0 Å². The third kappa shape index (κ3) is 1.98. The Bertz CT molecular complexity index is 693. The summed E-state index contributed by atoms with van der Waals surface area (Å²) < 4.78 is 0. The molecular formula is C19H21N. The summed E-state index contributed by atoms with van der Waals surface area (Å²) in [6.45, 7) is 8.98. The van der Waals surface area contributed by atoms with Crippen LogP contribution in [0.3, 0.4) is 0 Å². The Morgan fingerprint density at radius 3 is 2.60 bits per heavy atom. The molecule has 3 rings (SSSR count). The lowest BCUT2D eigenvalue weighted by Crippen LogP contribution is -2.16. The van der Waals surface area contributed by atoms with Crippen molar-refractivity contribution < 1.29 is 0 Å². The van der Waals surface area contributed by atoms with Gasteiger partial charge in [0.1, 0.15) is 0 Å². The first-order chi connectivity index (χ1) is 9.52. The van der Waals surface area contributed by atoms with Crippen molar-refractivity contribution in [3.63, 3.8) is 0 Å². The van der Waals surface area contributed by atoms with Gasteiger partial charge in [-0.15, -0.1) is 0 Å². The van der Waals surface area contributed by atoms with Crippen LogP contribution in [0.25, 0.3) is 17.3 Å². The lowest BCUT2D eigenvalue weighted by Gasteiger charge is -2.24. The van der Waals surface area contributed by atoms with Crippen LogP contribution >= 0.6 is 0 Å². The van der Waals surface area contributed by atoms with Crippen molar-refractivity contribution >= 4 is 6.08 Å². The molecule has 1 heteroatoms. The minimum atomic E-state index is 0.169. The van der Waals surface area contributed by atoms with E-state index >= 15 is 0 Å². The minimum absolute atomic E-state index is 0.169. The lowest BCUT2D eigenvalue weighted by molar-refractivity contribution is 0.618. The second kappa shape index (κ2) is 4.59. The fraction of sp³-hybridized carbons (Fsp3) is 0.316. The molecule has 1 nitrogen and oxygen atoms in total. The smallest absolute Gasteiger partial charge is 0.0704 e. The van der Waals surface area contributed by atoms with E-state index < -0.39 is 0 Å². The summed E-state index contributed by atoms with van der Waals surface area (Å²) in [6.07, 6.45) is 5.35. The van der Waals surface area contributed by atoms with Crippen molar-refractivity contribution in [3.8, 4) is 11.3 Å². The van der Waals surface area contributed by atoms with Crippen LogP contribution in [-0.4, -0.2) is 4.98 Å². The monoisotopic (exact) mass is 263 g/mol. The van der Waals surface area contributed by atoms with Crippen molar-refractivity contribution in [1.29, 1.82) is 0 Å². The van der Waals surface area contributed by atoms with Gasteiger partial charge in [-0.3, -0.25) is 4.98 Å². The number of aromatic nitrogens is 1. The fourth-order valence-electron chi connectivity index (χ4n) is 3.19. The van der Waals surface area contributed by atoms with E-state index in [2.05, 4.69) is 63.0 Å². The van der Waals surface area contributed by atoms with E-state index in [4.69, 9.17) is 0 Å². The van der Waals surface area contributed by atoms with Gasteiger partial charge in [0, 0.05) is 17.2 Å². The molecule has 20 heavy (non-hydrogen) atoms. The summed E-state index contributed by atoms with van der Waals surface area (Å²) in [6, 6.07) is 10.9. The quantitative estimate of drug-likeness (QED) is 0.731. The predicted octanol–water partition coefficient (Wildman–Crippen LogP) is 5.14. The minimum Gasteiger partial charge on any atom is -0.256 e. The summed E-state index contributed by atoms with van der Waals surface area (Å²) in [7, 11) is 0. The first-order valence-corrected chi connectivity index (χ1v) is 7.31. The van der Waals surface area contributed by atoms with Crippen molar-refractivity contribution in [2.45, 2.75) is 39.5 Å². The zero-order valence-corrected chi connectivity index (χ0v) is 12.7. The number of rotatable bonds is 2. The molecule has 0 atom stereocenters. The van der Waals surface area contributed by atoms with Gasteiger partial charge in [0.15, 0.2) is 0 Å². The second-order valence-corrected chi connectivity index (χ2v) is 6.17. The Kier molecular flexibility index (Phi) is 3.01. The third-order valence-corrected chi connectivity index (χ3v) is 4.45. The zero-order chi connectivity index (χ0) is 14.3. The van der Waals surface area contributed by atoms with Crippen molar-refractivity contribution in [2.24, 2.45) is 0 Å². The SMILES string of the molecule is CCC1=Cc2cc(-c3cc(C)ccn3)ccc2C1(C)C. The topological polar surface area (TPSA) is 12.9 Å². The molecule has 0 bridgehead atoms. The molecule has 0 fully saturated rings. The molecule has 0 saturated heterocycles. The Morgan fingerprint density at radius 1 is 1.10 bits per heavy atom. The highest BCUT2D eigenvalue weighted by Gasteiger charge is 2.31. The van der Waals surface area contributed by atoms with E-state index in [1.54, 1.807) is 0 Å². The van der Waals surface area contributed by atoms with Crippen molar-refractivity contribution in [3.05, 3.63) is 58.8 Å². The van der Waals surface area contributed by atoms with Crippen LogP contribution in [0.15, 0.2) is 42.1 Å². The first-order valence-electron chi connectivity index (χ1n) is 7.31. The molecule has 0 unspecified atom stereocenters. The summed E-state index contributed by atoms with van der Waals surface area (Å²) in [4.78, 5) is 4.49. The molecule has 1 aromatic carbocycles. The van der Waals surface area contributed by atoms with Crippen LogP contribution in [-0.2, 0) is 5.41 Å². The number of pyridine rings is 1. The lowest BCUT2D eigenvalue weighted by atomic mass is 9.80. The van der Waals surface area contributed by atoms with E-state index in [1.165, 1.54) is 27.8 Å². The molecule has 1 aromatic heterocycles. The molecule has 1 aliphatic rings. The molecule has 0 amide bonds. The zero-order valence-electron chi connectivity index (χ0n) is 12.7. The van der Waals surface area contributed by atoms with E-state index in [-0.39, 0.29) is 5.41 Å². The normalized spacial score (nSPS) is 15.9. The van der Waals surface area contributed by atoms with Gasteiger partial charge < -0.3 is 0 Å². The molecule has 1 heterocycles. The number of fused-ring (bicyclic) bond motifs is 1. The van der Waals surface area contributed by atoms with Gasteiger partial charge in [0.2, 0.25) is 0 Å². The standard InChI is InChI=1S/C19H21N/c1-5-16-12-15-11-14(6-7-17(15)19(16,3)4)18-10-13(2)8-9-20-18/h6-12H,5H2,1-4H3. The first kappa shape index (κ1) is 13.1. The Morgan fingerprint density at radius 2 is 1.90 bits per heavy atom. The van der Waals surface area contributed by atoms with Crippen LogP contribution in [0.5, 0.6) is 0 Å². The number of hydrogen-bond donors (Lipinski definition) is 0. The number of hydrogen-bond acceptors (Lipinski definition) is 1. The van der Waals surface area contributed by atoms with E-state index in [9.17, 15) is 0 Å². The van der Waals surface area contributed by atoms with Gasteiger partial charge in [-0.2, -0.15) is 0 Å². The van der Waals surface area contributed by atoms with Gasteiger partial charge in [-0.25, -0.2) is 0 Å². The van der Waals surface area contributed by atoms with E-state index in [1.807, 2.05) is 12.3 Å². The highest BCUT2D eigenvalue weighted by atomic mass is 14.7. The average Bonchev–Trinajstić information content (AvgIpc) is 2.69. The van der Waals surface area contributed by atoms with Gasteiger partial charge in [0.05, 0.1) is 5.69 Å². The molecule has 0 radical (unpaired) electrons. The van der Waals surface area contributed by atoms with Crippen molar-refractivity contribution in [2.75, 3.05) is 0 Å². The molecule has 1 aliphatic carbocycles. The highest BCUT2D eigenvalue weighted by Crippen LogP contribution is 2.43. The summed E-state index contributed by atoms with van der Waals surface area (Å²) in [5.74, 6) is 0. The van der Waals surface area contributed by atoms with Crippen LogP contribution < -0.4 is 0 Å². The van der Waals surface area contributed by atoms with Gasteiger partial charge in [-0.05, 0) is 48.2 Å². The molecule has 0 aliphatic heterocycles. The maximum absolute atomic E-state index is 4.49. The van der Waals surface area contributed by atoms with Crippen LogP contribution in [0.4, 0.5) is 0 Å². The summed E-state index contributed by atoms with van der Waals surface area (Å²) in [5.41, 5.74) is 7.99. The Labute approximate surface area is 121 Å². The average molecular weight is 263 g/mol. The maximum Gasteiger partial charge on any atom is 0.0704 e. The maximum atomic E-state index is 4.49. The third-order valence-electron chi connectivity index (χ3n) is 4.45. The van der Waals surface area contributed by atoms with E-state index in [0.717, 1.165) is 12.1 Å². The van der Waals surface area contributed by atoms with Crippen LogP contribution in [0.1, 0.15) is 43.9 Å². The summed E-state index contributed by atoms with van der Waals surface area (Å²) in [5, 5.41) is 0. The number of nitrogens with zero attached hydrogens (tertiary/aromatic N) is 1. The van der Waals surface area contributed by atoms with Crippen LogP contribution in [0.2, 0.25) is 0 Å². The Balaban J connectivity index is 2.10. The largest absolute Gasteiger partial charge is 0.256 e. The molecular weight excluding hydrogens is 242 g/mol. The highest BCUT2D eigenvalue weighted by molar-refractivity contribution is 5.74. The van der Waals surface area contributed by atoms with E-state index in [0.29, 0.717) is 0 Å². The van der Waals surface area contributed by atoms with Gasteiger partial charge in [-0.1, -0.05) is 44.6 Å². The Hall–Kier alpha value is -1.89. The second-order valence-electron chi connectivity index (χ2n) is 6.17. The van der Waals surface area contributed by atoms with Crippen LogP contribution in [0, 0.1) is 6.92 Å². The molecule has 102 valence electrons. The van der Waals surface area contributed by atoms with Crippen molar-refractivity contribution in [1.82, 2.24) is 4.98 Å². The molecule has 0 spiro atoms. The summed E-state index contributed by atoms with van der Waals surface area (Å²) >= 11 is 0. The molecule has 0 saturated carbocycles. The van der Waals surface area contributed by atoms with Gasteiger partial charge >= 0.3 is 0 Å². The molecule has 0 N–H and O–H groups in total. The number of aryl methyl sites for hydroxylation is 1. The number of benzene rings is 1. The molecule has 2 aromatic rings. The fourth-order valence-corrected chi connectivity index (χ4v) is 3.19.